The monoisotopic (exact) mass is 1710 g/mol. The van der Waals surface area contributed by atoms with Crippen LogP contribution in [0.2, 0.25) is 0 Å². The molecule has 0 N–H and O–H groups in total. The smallest absolute Gasteiger partial charge is 0.0488 e. The molecular weight excluding hydrogens is 1610 g/mol. The quantitative estimate of drug-likeness (QED) is 0.0524. The lowest BCUT2D eigenvalue weighted by molar-refractivity contribution is 1.20. The number of hydrogen-bond acceptors (Lipinski definition) is 6. The van der Waals surface area contributed by atoms with Crippen molar-refractivity contribution in [1.82, 2.24) is 0 Å². The molecule has 0 aliphatic carbocycles. The summed E-state index contributed by atoms with van der Waals surface area (Å²) in [6, 6.07) is 185. The maximum atomic E-state index is 2.33. The second-order valence-electron chi connectivity index (χ2n) is 34.0. The average molecular weight is 1710 g/mol. The van der Waals surface area contributed by atoms with Crippen LogP contribution in [0.15, 0.2) is 516 Å². The minimum atomic E-state index is 1.11. The molecule has 0 bridgehead atoms. The van der Waals surface area contributed by atoms with Gasteiger partial charge < -0.3 is 29.4 Å². The van der Waals surface area contributed by atoms with Crippen molar-refractivity contribution in [2.75, 3.05) is 50.5 Å². The van der Waals surface area contributed by atoms with Gasteiger partial charge in [-0.3, -0.25) is 0 Å². The minimum Gasteiger partial charge on any atom is -0.345 e. The number of anilines is 15. The van der Waals surface area contributed by atoms with Gasteiger partial charge >= 0.3 is 0 Å². The van der Waals surface area contributed by atoms with Crippen LogP contribution in [-0.2, 0) is 0 Å². The number of rotatable bonds is 21. The zero-order valence-corrected chi connectivity index (χ0v) is 75.3. The number of para-hydroxylation sites is 3. The minimum absolute atomic E-state index is 1.11. The number of aryl methyl sites for hydroxylation is 2. The van der Waals surface area contributed by atoms with Crippen molar-refractivity contribution < 1.29 is 0 Å². The second kappa shape index (κ2) is 38.5. The van der Waals surface area contributed by atoms with Crippen LogP contribution in [-0.4, -0.2) is 21.1 Å². The van der Waals surface area contributed by atoms with Crippen LogP contribution >= 0.6 is 0 Å². The highest BCUT2D eigenvalue weighted by Gasteiger charge is 2.22. The van der Waals surface area contributed by atoms with Gasteiger partial charge in [0.05, 0.1) is 0 Å². The first-order valence-electron chi connectivity index (χ1n) is 45.6. The Labute approximate surface area is 781 Å². The molecule has 0 saturated carbocycles. The highest BCUT2D eigenvalue weighted by Crippen LogP contribution is 2.47. The fourth-order valence-electron chi connectivity index (χ4n) is 18.4. The van der Waals surface area contributed by atoms with Gasteiger partial charge in [0.1, 0.15) is 0 Å². The molecule has 6 nitrogen and oxygen atoms in total. The molecule has 0 aromatic heterocycles. The summed E-state index contributed by atoms with van der Waals surface area (Å²) in [6.07, 6.45) is 0. The lowest BCUT2D eigenvalue weighted by Gasteiger charge is -2.26. The van der Waals surface area contributed by atoms with Crippen molar-refractivity contribution >= 4 is 128 Å². The zero-order valence-electron chi connectivity index (χ0n) is 75.3. The standard InChI is InChI=1S/C51H36N2.2C38H32N2/c1-52(49-33-32-47-45-21-10-15-38-14-9-20-44(50(38)45)46-22-11-23-48(49)51(46)47)40-28-24-36(25-29-40)37-26-30-42(31-27-37)53(41-17-6-3-7-18-41)43-19-8-16-39(34-43)35-12-4-2-5-13-35;1-29-11-9-17-37(27-29)39(2)34-23-19-31(20-24-34)32-21-25-36(26-22-32)40(35-15-7-4-8-16-35)38-18-10-14-33(28-38)30-12-5-3-6-13-30;1-29-16-22-34(23-17-29)39(2)35-24-18-31(19-25-35)32-20-26-37(27-21-32)40(36-13-7-4-8-14-36)38-15-9-12-33(28-38)30-10-5-3-6-11-30/h2-34H,1H3;2*3-28H,1-2H3. The molecule has 133 heavy (non-hydrogen) atoms. The van der Waals surface area contributed by atoms with E-state index in [1.54, 1.807) is 0 Å². The van der Waals surface area contributed by atoms with E-state index in [2.05, 4.69) is 580 Å². The normalized spacial score (nSPS) is 11.0. The number of benzene rings is 22. The highest BCUT2D eigenvalue weighted by molar-refractivity contribution is 6.34. The van der Waals surface area contributed by atoms with E-state index in [0.29, 0.717) is 0 Å². The lowest BCUT2D eigenvalue weighted by atomic mass is 9.89. The first-order valence-corrected chi connectivity index (χ1v) is 45.6. The molecule has 0 aliphatic heterocycles. The molecule has 0 saturated heterocycles. The van der Waals surface area contributed by atoms with E-state index in [1.807, 2.05) is 0 Å². The molecule has 22 aromatic rings. The third kappa shape index (κ3) is 18.2. The number of nitrogens with zero attached hydrogens (tertiary/aromatic N) is 6. The Hall–Kier alpha value is -17.1. The fourth-order valence-corrected chi connectivity index (χ4v) is 18.4. The van der Waals surface area contributed by atoms with E-state index in [1.165, 1.54) is 144 Å². The van der Waals surface area contributed by atoms with Gasteiger partial charge in [0.25, 0.3) is 0 Å². The molecule has 0 fully saturated rings. The summed E-state index contributed by atoms with van der Waals surface area (Å²) in [5, 5.41) is 10.5. The molecule has 0 heterocycles. The molecule has 6 heteroatoms. The summed E-state index contributed by atoms with van der Waals surface area (Å²) >= 11 is 0. The van der Waals surface area contributed by atoms with Crippen molar-refractivity contribution in [2.45, 2.75) is 13.8 Å². The van der Waals surface area contributed by atoms with Crippen LogP contribution in [0.1, 0.15) is 11.1 Å². The van der Waals surface area contributed by atoms with Gasteiger partial charge in [0.2, 0.25) is 0 Å². The largest absolute Gasteiger partial charge is 0.345 e. The van der Waals surface area contributed by atoms with Crippen molar-refractivity contribution in [1.29, 1.82) is 0 Å². The van der Waals surface area contributed by atoms with Gasteiger partial charge in [0.15, 0.2) is 0 Å². The average Bonchev–Trinajstić information content (AvgIpc) is 0.715. The summed E-state index contributed by atoms with van der Waals surface area (Å²) in [6.45, 7) is 4.24. The van der Waals surface area contributed by atoms with E-state index < -0.39 is 0 Å². The van der Waals surface area contributed by atoms with Crippen molar-refractivity contribution in [3.05, 3.63) is 527 Å². The van der Waals surface area contributed by atoms with Crippen LogP contribution in [0.25, 0.3) is 110 Å². The van der Waals surface area contributed by atoms with Crippen LogP contribution in [0.5, 0.6) is 0 Å². The van der Waals surface area contributed by atoms with E-state index in [4.69, 9.17) is 0 Å². The third-order valence-corrected chi connectivity index (χ3v) is 25.5. The SMILES string of the molecule is CN(c1ccc(-c2ccc(N(c3ccccc3)c3cccc(-c4ccccc4)c3)cc2)cc1)c1ccc2c3cccc4cccc(c5cccc1c52)c43.Cc1ccc(N(C)c2ccc(-c3ccc(N(c4ccccc4)c4cccc(-c5ccccc5)c4)cc3)cc2)cc1.Cc1cccc(N(C)c2ccc(-c3ccc(N(c4ccccc4)c4cccc(-c5ccccc5)c4)cc3)cc2)c1. The molecule has 0 aliphatic rings. The number of hydrogen-bond donors (Lipinski definition) is 0. The maximum absolute atomic E-state index is 2.33. The summed E-state index contributed by atoms with van der Waals surface area (Å²) in [5.74, 6) is 0. The van der Waals surface area contributed by atoms with Gasteiger partial charge in [-0.1, -0.05) is 345 Å². The Balaban J connectivity index is 0.000000126. The molecule has 0 unspecified atom stereocenters. The third-order valence-electron chi connectivity index (χ3n) is 25.5. The molecule has 22 aromatic carbocycles. The molecule has 0 amide bonds. The van der Waals surface area contributed by atoms with Gasteiger partial charge in [0, 0.05) is 112 Å². The Bertz CT molecular complexity index is 7630. The Morgan fingerprint density at radius 1 is 0.135 bits per heavy atom. The summed E-state index contributed by atoms with van der Waals surface area (Å²) in [5.41, 5.74) is 34.1. The van der Waals surface area contributed by atoms with Gasteiger partial charge in [-0.2, -0.15) is 0 Å². The van der Waals surface area contributed by atoms with E-state index >= 15 is 0 Å². The Morgan fingerprint density at radius 3 is 0.729 bits per heavy atom. The van der Waals surface area contributed by atoms with Gasteiger partial charge in [-0.15, -0.1) is 0 Å². The second-order valence-corrected chi connectivity index (χ2v) is 34.0. The predicted octanol–water partition coefficient (Wildman–Crippen LogP) is 35.4. The Kier molecular flexibility index (Phi) is 24.3. The van der Waals surface area contributed by atoms with Crippen molar-refractivity contribution in [2.24, 2.45) is 0 Å². The van der Waals surface area contributed by atoms with Crippen LogP contribution in [0, 0.1) is 13.8 Å². The summed E-state index contributed by atoms with van der Waals surface area (Å²) < 4.78 is 0. The van der Waals surface area contributed by atoms with E-state index in [-0.39, 0.29) is 0 Å². The fraction of sp³-hybridized carbons (Fsp3) is 0.0394. The predicted molar refractivity (Wildman–Crippen MR) is 570 cm³/mol. The first kappa shape index (κ1) is 84.1. The topological polar surface area (TPSA) is 19.4 Å². The molecule has 0 spiro atoms. The highest BCUT2D eigenvalue weighted by atomic mass is 15.2. The summed E-state index contributed by atoms with van der Waals surface area (Å²) in [7, 11) is 6.40. The Morgan fingerprint density at radius 2 is 0.376 bits per heavy atom. The van der Waals surface area contributed by atoms with Crippen molar-refractivity contribution in [3.63, 3.8) is 0 Å². The zero-order chi connectivity index (χ0) is 89.9. The van der Waals surface area contributed by atoms with Crippen LogP contribution < -0.4 is 29.4 Å². The maximum Gasteiger partial charge on any atom is 0.0488 e. The van der Waals surface area contributed by atoms with Crippen LogP contribution in [0.3, 0.4) is 0 Å². The number of fused-ring (bicyclic) bond motifs is 2. The van der Waals surface area contributed by atoms with Crippen LogP contribution in [0.4, 0.5) is 85.3 Å². The van der Waals surface area contributed by atoms with E-state index in [9.17, 15) is 0 Å². The van der Waals surface area contributed by atoms with Gasteiger partial charge in [-0.05, 0) is 300 Å². The summed E-state index contributed by atoms with van der Waals surface area (Å²) in [4.78, 5) is 13.7. The molecule has 0 radical (unpaired) electrons. The van der Waals surface area contributed by atoms with Gasteiger partial charge in [-0.25, -0.2) is 0 Å². The van der Waals surface area contributed by atoms with Crippen molar-refractivity contribution in [3.8, 4) is 66.8 Å². The lowest BCUT2D eigenvalue weighted by Crippen LogP contribution is -2.10. The molecule has 638 valence electrons. The van der Waals surface area contributed by atoms with E-state index in [0.717, 1.165) is 62.6 Å². The molecule has 0 atom stereocenters. The first-order chi connectivity index (χ1) is 65.5. The molecular formula is C127H100N6. The molecule has 22 rings (SSSR count).